The molecule has 0 spiro atoms. The van der Waals surface area contributed by atoms with Crippen LogP contribution in [0.2, 0.25) is 0 Å². The highest BCUT2D eigenvalue weighted by atomic mass is 14.9. The van der Waals surface area contributed by atoms with E-state index in [1.54, 1.807) is 6.92 Å². The Morgan fingerprint density at radius 2 is 1.79 bits per heavy atom. The highest BCUT2D eigenvalue weighted by Crippen LogP contribution is 2.16. The minimum atomic E-state index is 1.11. The van der Waals surface area contributed by atoms with E-state index in [0.29, 0.717) is 0 Å². The Morgan fingerprint density at radius 1 is 1.29 bits per heavy atom. The summed E-state index contributed by atoms with van der Waals surface area (Å²) in [4.78, 5) is 0. The molecule has 1 nitrogen and oxygen atoms in total. The lowest BCUT2D eigenvalue weighted by Crippen LogP contribution is -2.02. The fourth-order valence-electron chi connectivity index (χ4n) is 1.17. The zero-order valence-corrected chi connectivity index (χ0v) is 10.1. The lowest BCUT2D eigenvalue weighted by atomic mass is 10.2. The van der Waals surface area contributed by atoms with Crippen LogP contribution < -0.4 is 5.32 Å². The van der Waals surface area contributed by atoms with Gasteiger partial charge in [0.15, 0.2) is 0 Å². The quantitative estimate of drug-likeness (QED) is 0.581. The van der Waals surface area contributed by atoms with Crippen LogP contribution in [0.15, 0.2) is 23.4 Å². The number of terminal acetylenes is 1. The van der Waals surface area contributed by atoms with Crippen LogP contribution in [0.3, 0.4) is 0 Å². The van der Waals surface area contributed by atoms with Gasteiger partial charge in [-0.05, 0) is 32.8 Å². The van der Waals surface area contributed by atoms with Crippen molar-refractivity contribution in [2.75, 3.05) is 6.54 Å². The SMILES string of the molecule is C#CC.C/C=C1/CCN/C1=C/C.CC. The maximum Gasteiger partial charge on any atom is 0.0326 e. The number of rotatable bonds is 0. The van der Waals surface area contributed by atoms with Crippen molar-refractivity contribution in [3.8, 4) is 12.3 Å². The molecule has 1 aliphatic heterocycles. The largest absolute Gasteiger partial charge is 0.385 e. The molecule has 1 aliphatic rings. The monoisotopic (exact) mass is 193 g/mol. The molecule has 1 rings (SSSR count). The molecule has 1 heteroatoms. The van der Waals surface area contributed by atoms with Gasteiger partial charge in [-0.25, -0.2) is 0 Å². The first-order chi connectivity index (χ1) is 6.79. The lowest BCUT2D eigenvalue weighted by molar-refractivity contribution is 0.913. The molecular formula is C13H23N. The van der Waals surface area contributed by atoms with Gasteiger partial charge >= 0.3 is 0 Å². The average molecular weight is 193 g/mol. The van der Waals surface area contributed by atoms with Crippen molar-refractivity contribution in [1.82, 2.24) is 5.32 Å². The predicted molar refractivity (Wildman–Crippen MR) is 66.0 cm³/mol. The van der Waals surface area contributed by atoms with E-state index in [4.69, 9.17) is 0 Å². The van der Waals surface area contributed by atoms with Gasteiger partial charge in [0.05, 0.1) is 0 Å². The van der Waals surface area contributed by atoms with Crippen LogP contribution in [0, 0.1) is 12.3 Å². The van der Waals surface area contributed by atoms with Crippen molar-refractivity contribution < 1.29 is 0 Å². The van der Waals surface area contributed by atoms with Crippen molar-refractivity contribution in [2.45, 2.75) is 41.0 Å². The zero-order valence-electron chi connectivity index (χ0n) is 10.1. The molecule has 0 saturated carbocycles. The summed E-state index contributed by atoms with van der Waals surface area (Å²) >= 11 is 0. The molecular weight excluding hydrogens is 170 g/mol. The Labute approximate surface area is 89.3 Å². The third kappa shape index (κ3) is 6.37. The number of allylic oxidation sites excluding steroid dienone is 3. The van der Waals surface area contributed by atoms with Crippen molar-refractivity contribution in [2.24, 2.45) is 0 Å². The molecule has 0 unspecified atom stereocenters. The third-order valence-corrected chi connectivity index (χ3v) is 1.69. The molecule has 0 aromatic rings. The maximum atomic E-state index is 4.60. The Hall–Kier alpha value is -1.16. The number of hydrogen-bond acceptors (Lipinski definition) is 1. The molecule has 0 aromatic carbocycles. The van der Waals surface area contributed by atoms with Gasteiger partial charge in [-0.1, -0.05) is 26.0 Å². The van der Waals surface area contributed by atoms with Gasteiger partial charge < -0.3 is 5.32 Å². The van der Waals surface area contributed by atoms with Gasteiger partial charge in [0.2, 0.25) is 0 Å². The van der Waals surface area contributed by atoms with Gasteiger partial charge in [-0.15, -0.1) is 12.3 Å². The molecule has 1 saturated heterocycles. The van der Waals surface area contributed by atoms with E-state index in [0.717, 1.165) is 6.54 Å². The van der Waals surface area contributed by atoms with Crippen LogP contribution >= 0.6 is 0 Å². The first-order valence-corrected chi connectivity index (χ1v) is 5.23. The topological polar surface area (TPSA) is 12.0 Å². The minimum absolute atomic E-state index is 1.11. The van der Waals surface area contributed by atoms with E-state index in [2.05, 4.69) is 43.7 Å². The second-order valence-corrected chi connectivity index (χ2v) is 2.48. The van der Waals surface area contributed by atoms with Crippen LogP contribution in [-0.4, -0.2) is 6.54 Å². The van der Waals surface area contributed by atoms with Crippen LogP contribution in [0.4, 0.5) is 0 Å². The second kappa shape index (κ2) is 11.8. The van der Waals surface area contributed by atoms with E-state index in [-0.39, 0.29) is 0 Å². The van der Waals surface area contributed by atoms with E-state index >= 15 is 0 Å². The van der Waals surface area contributed by atoms with Crippen molar-refractivity contribution in [3.63, 3.8) is 0 Å². The summed E-state index contributed by atoms with van der Waals surface area (Å²) in [6.07, 6.45) is 10.1. The van der Waals surface area contributed by atoms with Gasteiger partial charge in [0.1, 0.15) is 0 Å². The summed E-state index contributed by atoms with van der Waals surface area (Å²) < 4.78 is 0. The Morgan fingerprint density at radius 3 is 2.07 bits per heavy atom. The van der Waals surface area contributed by atoms with Crippen LogP contribution in [0.5, 0.6) is 0 Å². The Kier molecular flexibility index (Phi) is 13.0. The fourth-order valence-corrected chi connectivity index (χ4v) is 1.17. The zero-order chi connectivity index (χ0) is 11.4. The van der Waals surface area contributed by atoms with Crippen molar-refractivity contribution in [1.29, 1.82) is 0 Å². The molecule has 14 heavy (non-hydrogen) atoms. The first kappa shape index (κ1) is 15.3. The molecule has 0 bridgehead atoms. The van der Waals surface area contributed by atoms with Gasteiger partial charge in [0, 0.05) is 12.2 Å². The molecule has 0 atom stereocenters. The molecule has 80 valence electrons. The Balaban J connectivity index is 0. The molecule has 1 heterocycles. The molecule has 1 fully saturated rings. The average Bonchev–Trinajstić information content (AvgIpc) is 2.69. The highest BCUT2D eigenvalue weighted by molar-refractivity contribution is 5.32. The van der Waals surface area contributed by atoms with Gasteiger partial charge in [-0.3, -0.25) is 0 Å². The summed E-state index contributed by atoms with van der Waals surface area (Å²) in [5.74, 6) is 2.25. The Bertz CT molecular complexity index is 198. The maximum absolute atomic E-state index is 4.60. The van der Waals surface area contributed by atoms with E-state index in [1.807, 2.05) is 13.8 Å². The van der Waals surface area contributed by atoms with Gasteiger partial charge in [0.25, 0.3) is 0 Å². The van der Waals surface area contributed by atoms with E-state index in [1.165, 1.54) is 17.7 Å². The first-order valence-electron chi connectivity index (χ1n) is 5.23. The molecule has 0 aromatic heterocycles. The molecule has 0 amide bonds. The smallest absolute Gasteiger partial charge is 0.0326 e. The molecule has 1 N–H and O–H groups in total. The number of nitrogens with one attached hydrogen (secondary N) is 1. The van der Waals surface area contributed by atoms with Crippen molar-refractivity contribution in [3.05, 3.63) is 23.4 Å². The van der Waals surface area contributed by atoms with Gasteiger partial charge in [-0.2, -0.15) is 0 Å². The second-order valence-electron chi connectivity index (χ2n) is 2.48. The summed E-state index contributed by atoms with van der Waals surface area (Å²) in [5.41, 5.74) is 2.77. The van der Waals surface area contributed by atoms with Crippen LogP contribution in [-0.2, 0) is 0 Å². The van der Waals surface area contributed by atoms with Crippen molar-refractivity contribution >= 4 is 0 Å². The van der Waals surface area contributed by atoms with Crippen LogP contribution in [0.1, 0.15) is 41.0 Å². The summed E-state index contributed by atoms with van der Waals surface area (Å²) in [6.45, 7) is 10.9. The van der Waals surface area contributed by atoms with Crippen LogP contribution in [0.25, 0.3) is 0 Å². The summed E-state index contributed by atoms with van der Waals surface area (Å²) in [5, 5.41) is 3.30. The molecule has 0 aliphatic carbocycles. The summed E-state index contributed by atoms with van der Waals surface area (Å²) in [6, 6.07) is 0. The summed E-state index contributed by atoms with van der Waals surface area (Å²) in [7, 11) is 0. The van der Waals surface area contributed by atoms with E-state index < -0.39 is 0 Å². The number of hydrogen-bond donors (Lipinski definition) is 1. The molecule has 0 radical (unpaired) electrons. The minimum Gasteiger partial charge on any atom is -0.385 e. The fraction of sp³-hybridized carbons (Fsp3) is 0.538. The third-order valence-electron chi connectivity index (χ3n) is 1.69. The standard InChI is InChI=1S/C8H13N.C3H4.C2H6/c1-3-7-5-6-9-8(7)4-2;1-3-2;1-2/h3-4,9H,5-6H2,1-2H3;1H,2H3;1-2H3/b7-3-,8-4+;;. The predicted octanol–water partition coefficient (Wildman–Crippen LogP) is 3.50. The highest BCUT2D eigenvalue weighted by Gasteiger charge is 2.08. The van der Waals surface area contributed by atoms with E-state index in [9.17, 15) is 0 Å². The lowest BCUT2D eigenvalue weighted by Gasteiger charge is -1.96. The normalized spacial score (nSPS) is 18.6.